The first-order chi connectivity index (χ1) is 9.42. The average molecular weight is 254 g/mol. The molecule has 1 aliphatic rings. The summed E-state index contributed by atoms with van der Waals surface area (Å²) in [6.07, 6.45) is 6.01. The number of nitrogens with one attached hydrogen (secondary N) is 2. The van der Waals surface area contributed by atoms with Gasteiger partial charge < -0.3 is 10.6 Å². The number of hydrogen-bond donors (Lipinski definition) is 2. The summed E-state index contributed by atoms with van der Waals surface area (Å²) < 4.78 is 0. The summed E-state index contributed by atoms with van der Waals surface area (Å²) >= 11 is 0. The van der Waals surface area contributed by atoms with Crippen LogP contribution >= 0.6 is 0 Å². The van der Waals surface area contributed by atoms with Gasteiger partial charge in [-0.25, -0.2) is 9.97 Å². The number of hydrogen-bond acceptors (Lipinski definition) is 4. The summed E-state index contributed by atoms with van der Waals surface area (Å²) in [6, 6.07) is 10.4. The molecule has 0 radical (unpaired) electrons. The molecule has 1 saturated heterocycles. The Kier molecular flexibility index (Phi) is 3.70. The third-order valence-corrected chi connectivity index (χ3v) is 3.50. The molecule has 0 bridgehead atoms. The topological polar surface area (TPSA) is 49.8 Å². The third kappa shape index (κ3) is 3.09. The van der Waals surface area contributed by atoms with Crippen LogP contribution in [-0.2, 0) is 0 Å². The van der Waals surface area contributed by atoms with E-state index in [4.69, 9.17) is 0 Å². The maximum atomic E-state index is 4.15. The predicted molar refractivity (Wildman–Crippen MR) is 76.6 cm³/mol. The van der Waals surface area contributed by atoms with Crippen molar-refractivity contribution in [1.82, 2.24) is 15.3 Å². The lowest BCUT2D eigenvalue weighted by Crippen LogP contribution is -2.28. The van der Waals surface area contributed by atoms with Gasteiger partial charge in [-0.1, -0.05) is 12.1 Å². The smallest absolute Gasteiger partial charge is 0.227 e. The van der Waals surface area contributed by atoms with Gasteiger partial charge in [0.25, 0.3) is 0 Å². The number of benzene rings is 1. The van der Waals surface area contributed by atoms with Gasteiger partial charge in [0.05, 0.1) is 0 Å². The van der Waals surface area contributed by atoms with Crippen LogP contribution in [0.25, 0.3) is 0 Å². The second kappa shape index (κ2) is 5.80. The predicted octanol–water partition coefficient (Wildman–Crippen LogP) is 2.69. The average Bonchev–Trinajstić information content (AvgIpc) is 2.50. The van der Waals surface area contributed by atoms with E-state index in [-0.39, 0.29) is 0 Å². The van der Waals surface area contributed by atoms with Crippen LogP contribution in [0.3, 0.4) is 0 Å². The second-order valence-corrected chi connectivity index (χ2v) is 4.86. The Balaban J connectivity index is 1.68. The number of rotatable bonds is 3. The Morgan fingerprint density at radius 3 is 2.58 bits per heavy atom. The van der Waals surface area contributed by atoms with Gasteiger partial charge in [0.2, 0.25) is 5.95 Å². The fraction of sp³-hybridized carbons (Fsp3) is 0.333. The van der Waals surface area contributed by atoms with Gasteiger partial charge in [-0.15, -0.1) is 0 Å². The van der Waals surface area contributed by atoms with Crippen LogP contribution in [-0.4, -0.2) is 23.1 Å². The van der Waals surface area contributed by atoms with E-state index in [1.54, 1.807) is 12.4 Å². The van der Waals surface area contributed by atoms with Gasteiger partial charge in [0.15, 0.2) is 0 Å². The fourth-order valence-corrected chi connectivity index (χ4v) is 2.47. The molecule has 4 heteroatoms. The molecule has 1 unspecified atom stereocenters. The lowest BCUT2D eigenvalue weighted by atomic mass is 9.92. The lowest BCUT2D eigenvalue weighted by Gasteiger charge is -2.23. The molecular formula is C15H18N4. The minimum absolute atomic E-state index is 0.634. The Labute approximate surface area is 113 Å². The SMILES string of the molecule is c1cnc(Nc2ccc(C3CCCNC3)cc2)nc1. The highest BCUT2D eigenvalue weighted by Crippen LogP contribution is 2.24. The van der Waals surface area contributed by atoms with E-state index in [1.165, 1.54) is 18.4 Å². The molecule has 1 aromatic heterocycles. The maximum absolute atomic E-state index is 4.15. The Morgan fingerprint density at radius 2 is 1.89 bits per heavy atom. The van der Waals surface area contributed by atoms with E-state index in [2.05, 4.69) is 44.9 Å². The van der Waals surface area contributed by atoms with Gasteiger partial charge in [-0.2, -0.15) is 0 Å². The van der Waals surface area contributed by atoms with Crippen LogP contribution in [0.2, 0.25) is 0 Å². The summed E-state index contributed by atoms with van der Waals surface area (Å²) in [5, 5.41) is 6.65. The molecule has 0 aliphatic carbocycles. The summed E-state index contributed by atoms with van der Waals surface area (Å²) in [4.78, 5) is 8.31. The molecule has 2 aromatic rings. The molecule has 1 aromatic carbocycles. The first-order valence-corrected chi connectivity index (χ1v) is 6.76. The molecule has 2 heterocycles. The van der Waals surface area contributed by atoms with Crippen molar-refractivity contribution in [3.63, 3.8) is 0 Å². The Bertz CT molecular complexity index is 503. The minimum atomic E-state index is 0.634. The molecule has 1 atom stereocenters. The van der Waals surface area contributed by atoms with Gasteiger partial charge in [-0.05, 0) is 49.1 Å². The molecule has 19 heavy (non-hydrogen) atoms. The quantitative estimate of drug-likeness (QED) is 0.884. The molecule has 3 rings (SSSR count). The van der Waals surface area contributed by atoms with Crippen LogP contribution in [0.15, 0.2) is 42.7 Å². The van der Waals surface area contributed by atoms with Crippen molar-refractivity contribution < 1.29 is 0 Å². The molecule has 0 amide bonds. The van der Waals surface area contributed by atoms with Crippen molar-refractivity contribution in [2.24, 2.45) is 0 Å². The molecule has 1 fully saturated rings. The van der Waals surface area contributed by atoms with Crippen molar-refractivity contribution in [1.29, 1.82) is 0 Å². The number of piperidine rings is 1. The normalized spacial score (nSPS) is 19.1. The zero-order valence-corrected chi connectivity index (χ0v) is 10.8. The van der Waals surface area contributed by atoms with E-state index in [1.807, 2.05) is 6.07 Å². The van der Waals surface area contributed by atoms with Gasteiger partial charge in [-0.3, -0.25) is 0 Å². The number of aromatic nitrogens is 2. The zero-order valence-electron chi connectivity index (χ0n) is 10.8. The van der Waals surface area contributed by atoms with E-state index in [9.17, 15) is 0 Å². The number of anilines is 2. The lowest BCUT2D eigenvalue weighted by molar-refractivity contribution is 0.461. The highest BCUT2D eigenvalue weighted by atomic mass is 15.1. The first-order valence-electron chi connectivity index (χ1n) is 6.76. The van der Waals surface area contributed by atoms with E-state index in [0.717, 1.165) is 18.8 Å². The standard InChI is InChI=1S/C15H18N4/c1-3-13(11-16-8-1)12-4-6-14(7-5-12)19-15-17-9-2-10-18-15/h2,4-7,9-10,13,16H,1,3,8,11H2,(H,17,18,19). The molecule has 0 saturated carbocycles. The highest BCUT2D eigenvalue weighted by Gasteiger charge is 2.14. The van der Waals surface area contributed by atoms with Crippen LogP contribution in [0, 0.1) is 0 Å². The summed E-state index contributed by atoms with van der Waals surface area (Å²) in [5.41, 5.74) is 2.44. The van der Waals surface area contributed by atoms with Gasteiger partial charge in [0, 0.05) is 24.6 Å². The largest absolute Gasteiger partial charge is 0.324 e. The van der Waals surface area contributed by atoms with Crippen LogP contribution in [0.5, 0.6) is 0 Å². The monoisotopic (exact) mass is 254 g/mol. The van der Waals surface area contributed by atoms with Crippen molar-refractivity contribution in [2.45, 2.75) is 18.8 Å². The van der Waals surface area contributed by atoms with Crippen molar-refractivity contribution in [3.05, 3.63) is 48.3 Å². The van der Waals surface area contributed by atoms with Crippen molar-refractivity contribution >= 4 is 11.6 Å². The summed E-state index contributed by atoms with van der Waals surface area (Å²) in [7, 11) is 0. The fourth-order valence-electron chi connectivity index (χ4n) is 2.47. The summed E-state index contributed by atoms with van der Waals surface area (Å²) in [6.45, 7) is 2.25. The van der Waals surface area contributed by atoms with E-state index < -0.39 is 0 Å². The van der Waals surface area contributed by atoms with Crippen LogP contribution in [0.4, 0.5) is 11.6 Å². The Morgan fingerprint density at radius 1 is 1.11 bits per heavy atom. The minimum Gasteiger partial charge on any atom is -0.324 e. The molecule has 98 valence electrons. The zero-order chi connectivity index (χ0) is 12.9. The Hall–Kier alpha value is -1.94. The van der Waals surface area contributed by atoms with Gasteiger partial charge >= 0.3 is 0 Å². The molecule has 1 aliphatic heterocycles. The van der Waals surface area contributed by atoms with E-state index >= 15 is 0 Å². The van der Waals surface area contributed by atoms with Crippen LogP contribution in [0.1, 0.15) is 24.3 Å². The maximum Gasteiger partial charge on any atom is 0.227 e. The first kappa shape index (κ1) is 12.1. The second-order valence-electron chi connectivity index (χ2n) is 4.86. The molecular weight excluding hydrogens is 236 g/mol. The molecule has 2 N–H and O–H groups in total. The summed E-state index contributed by atoms with van der Waals surface area (Å²) in [5.74, 6) is 1.28. The molecule has 0 spiro atoms. The van der Waals surface area contributed by atoms with Crippen LogP contribution < -0.4 is 10.6 Å². The highest BCUT2D eigenvalue weighted by molar-refractivity contribution is 5.53. The third-order valence-electron chi connectivity index (χ3n) is 3.50. The number of nitrogens with zero attached hydrogens (tertiary/aromatic N) is 2. The van der Waals surface area contributed by atoms with E-state index in [0.29, 0.717) is 11.9 Å². The van der Waals surface area contributed by atoms with Crippen molar-refractivity contribution in [3.8, 4) is 0 Å². The molecule has 4 nitrogen and oxygen atoms in total. The van der Waals surface area contributed by atoms with Gasteiger partial charge in [0.1, 0.15) is 0 Å². The van der Waals surface area contributed by atoms with Crippen molar-refractivity contribution in [2.75, 3.05) is 18.4 Å².